The predicted octanol–water partition coefficient (Wildman–Crippen LogP) is 0.359. The first-order valence-electron chi connectivity index (χ1n) is 6.12. The molecule has 0 spiro atoms. The average Bonchev–Trinajstić information content (AvgIpc) is 2.42. The van der Waals surface area contributed by atoms with Crippen molar-refractivity contribution in [2.24, 2.45) is 0 Å². The summed E-state index contributed by atoms with van der Waals surface area (Å²) < 4.78 is 9.82. The van der Waals surface area contributed by atoms with Crippen molar-refractivity contribution in [1.82, 2.24) is 14.9 Å². The van der Waals surface area contributed by atoms with Crippen LogP contribution in [0.25, 0.3) is 0 Å². The van der Waals surface area contributed by atoms with Gasteiger partial charge in [-0.3, -0.25) is 10.1 Å². The molecule has 0 aliphatic carbocycles. The van der Waals surface area contributed by atoms with E-state index >= 15 is 0 Å². The Labute approximate surface area is 121 Å². The lowest BCUT2D eigenvalue weighted by Crippen LogP contribution is -2.41. The van der Waals surface area contributed by atoms with Gasteiger partial charge in [-0.1, -0.05) is 0 Å². The molecule has 2 N–H and O–H groups in total. The lowest BCUT2D eigenvalue weighted by molar-refractivity contribution is -0.137. The second-order valence-electron chi connectivity index (χ2n) is 4.11. The topological polar surface area (TPSA) is 114 Å². The Morgan fingerprint density at radius 3 is 2.67 bits per heavy atom. The number of ether oxygens (including phenoxy) is 2. The third kappa shape index (κ3) is 5.61. The van der Waals surface area contributed by atoms with Gasteiger partial charge < -0.3 is 19.5 Å². The van der Waals surface area contributed by atoms with Crippen LogP contribution in [-0.4, -0.2) is 65.9 Å². The number of urea groups is 1. The highest BCUT2D eigenvalue weighted by molar-refractivity contribution is 5.89. The maximum Gasteiger partial charge on any atom is 0.324 e. The quantitative estimate of drug-likeness (QED) is 0.747. The van der Waals surface area contributed by atoms with Crippen molar-refractivity contribution >= 4 is 17.9 Å². The summed E-state index contributed by atoms with van der Waals surface area (Å²) in [5.41, 5.74) is 0.610. The Hall–Kier alpha value is -2.42. The van der Waals surface area contributed by atoms with E-state index in [2.05, 4.69) is 15.3 Å². The third-order valence-corrected chi connectivity index (χ3v) is 2.44. The molecule has 0 unspecified atom stereocenters. The van der Waals surface area contributed by atoms with Gasteiger partial charge in [0.1, 0.15) is 6.54 Å². The molecule has 116 valence electrons. The molecule has 1 rings (SSSR count). The van der Waals surface area contributed by atoms with Crippen LogP contribution < -0.4 is 10.1 Å². The Balaban J connectivity index is 2.79. The number of rotatable bonds is 7. The number of anilines is 1. The highest BCUT2D eigenvalue weighted by Crippen LogP contribution is 2.11. The Morgan fingerprint density at radius 1 is 1.38 bits per heavy atom. The van der Waals surface area contributed by atoms with Crippen molar-refractivity contribution in [3.63, 3.8) is 0 Å². The number of hydrogen-bond acceptors (Lipinski definition) is 6. The lowest BCUT2D eigenvalue weighted by atomic mass is 10.4. The number of aryl methyl sites for hydroxylation is 1. The van der Waals surface area contributed by atoms with Gasteiger partial charge in [0.2, 0.25) is 11.8 Å². The maximum atomic E-state index is 12.0. The second-order valence-corrected chi connectivity index (χ2v) is 4.11. The van der Waals surface area contributed by atoms with E-state index in [1.54, 1.807) is 13.0 Å². The Morgan fingerprint density at radius 2 is 2.10 bits per heavy atom. The lowest BCUT2D eigenvalue weighted by Gasteiger charge is -2.20. The van der Waals surface area contributed by atoms with E-state index in [1.165, 1.54) is 14.2 Å². The number of amides is 2. The zero-order valence-corrected chi connectivity index (χ0v) is 12.1. The fourth-order valence-electron chi connectivity index (χ4n) is 1.49. The highest BCUT2D eigenvalue weighted by atomic mass is 16.5. The molecule has 2 amide bonds. The molecule has 9 nitrogen and oxygen atoms in total. The standard InChI is InChI=1S/C12H18N4O5/c1-8-6-9(21-3)14-11(13-8)15-12(19)16(4-5-20-2)7-10(17)18/h6H,4-5,7H2,1-3H3,(H,17,18)(H,13,14,15,19). The van der Waals surface area contributed by atoms with E-state index in [0.29, 0.717) is 11.6 Å². The van der Waals surface area contributed by atoms with Crippen LogP contribution in [0.1, 0.15) is 5.69 Å². The van der Waals surface area contributed by atoms with Crippen molar-refractivity contribution in [1.29, 1.82) is 0 Å². The van der Waals surface area contributed by atoms with Gasteiger partial charge in [0.05, 0.1) is 13.7 Å². The molecule has 9 heteroatoms. The minimum absolute atomic E-state index is 0.0460. The van der Waals surface area contributed by atoms with Gasteiger partial charge >= 0.3 is 12.0 Å². The molecule has 0 atom stereocenters. The Kier molecular flexibility index (Phi) is 6.34. The minimum atomic E-state index is -1.12. The molecule has 0 fully saturated rings. The minimum Gasteiger partial charge on any atom is -0.481 e. The normalized spacial score (nSPS) is 10.0. The second kappa shape index (κ2) is 8.00. The number of aromatic nitrogens is 2. The zero-order chi connectivity index (χ0) is 15.8. The average molecular weight is 298 g/mol. The van der Waals surface area contributed by atoms with Gasteiger partial charge in [0, 0.05) is 25.4 Å². The summed E-state index contributed by atoms with van der Waals surface area (Å²) in [5, 5.41) is 11.2. The number of nitrogens with one attached hydrogen (secondary N) is 1. The maximum absolute atomic E-state index is 12.0. The van der Waals surface area contributed by atoms with Crippen LogP contribution in [0.3, 0.4) is 0 Å². The Bertz CT molecular complexity index is 508. The van der Waals surface area contributed by atoms with Gasteiger partial charge in [-0.2, -0.15) is 4.98 Å². The van der Waals surface area contributed by atoms with Gasteiger partial charge in [0.25, 0.3) is 0 Å². The fourth-order valence-corrected chi connectivity index (χ4v) is 1.49. The van der Waals surface area contributed by atoms with Gasteiger partial charge in [-0.15, -0.1) is 0 Å². The number of carboxylic acid groups (broad SMARTS) is 1. The number of hydrogen-bond donors (Lipinski definition) is 2. The number of nitrogens with zero attached hydrogens (tertiary/aromatic N) is 3. The van der Waals surface area contributed by atoms with E-state index in [0.717, 1.165) is 4.90 Å². The van der Waals surface area contributed by atoms with Gasteiger partial charge in [0.15, 0.2) is 0 Å². The summed E-state index contributed by atoms with van der Waals surface area (Å²) in [6, 6.07) is 0.984. The SMILES string of the molecule is COCCN(CC(=O)O)C(=O)Nc1nc(C)cc(OC)n1. The first kappa shape index (κ1) is 16.6. The molecule has 0 saturated heterocycles. The molecule has 0 saturated carbocycles. The third-order valence-electron chi connectivity index (χ3n) is 2.44. The monoisotopic (exact) mass is 298 g/mol. The van der Waals surface area contributed by atoms with Gasteiger partial charge in [-0.25, -0.2) is 9.78 Å². The highest BCUT2D eigenvalue weighted by Gasteiger charge is 2.18. The predicted molar refractivity (Wildman–Crippen MR) is 73.4 cm³/mol. The van der Waals surface area contributed by atoms with E-state index in [1.807, 2.05) is 0 Å². The molecule has 0 aliphatic heterocycles. The number of carbonyl (C=O) groups is 2. The molecule has 0 aromatic carbocycles. The summed E-state index contributed by atoms with van der Waals surface area (Å²) in [7, 11) is 2.91. The zero-order valence-electron chi connectivity index (χ0n) is 12.1. The summed E-state index contributed by atoms with van der Waals surface area (Å²) in [5.74, 6) is -0.770. The number of methoxy groups -OCH3 is 2. The van der Waals surface area contributed by atoms with Crippen LogP contribution in [0.2, 0.25) is 0 Å². The molecule has 1 aromatic heterocycles. The van der Waals surface area contributed by atoms with Crippen molar-refractivity contribution < 1.29 is 24.2 Å². The van der Waals surface area contributed by atoms with Gasteiger partial charge in [-0.05, 0) is 6.92 Å². The molecule has 0 aliphatic rings. The molecular weight excluding hydrogens is 280 g/mol. The van der Waals surface area contributed by atoms with Crippen molar-refractivity contribution in [3.8, 4) is 5.88 Å². The smallest absolute Gasteiger partial charge is 0.324 e. The van der Waals surface area contributed by atoms with Crippen molar-refractivity contribution in [3.05, 3.63) is 11.8 Å². The van der Waals surface area contributed by atoms with E-state index in [-0.39, 0.29) is 19.1 Å². The summed E-state index contributed by atoms with van der Waals surface area (Å²) in [4.78, 5) is 31.9. The molecule has 1 heterocycles. The van der Waals surface area contributed by atoms with Crippen LogP contribution in [0.4, 0.5) is 10.7 Å². The van der Waals surface area contributed by atoms with Crippen LogP contribution in [-0.2, 0) is 9.53 Å². The fraction of sp³-hybridized carbons (Fsp3) is 0.500. The number of carbonyl (C=O) groups excluding carboxylic acids is 1. The largest absolute Gasteiger partial charge is 0.481 e. The van der Waals surface area contributed by atoms with Crippen molar-refractivity contribution in [2.45, 2.75) is 6.92 Å². The first-order chi connectivity index (χ1) is 9.96. The van der Waals surface area contributed by atoms with E-state index in [9.17, 15) is 9.59 Å². The van der Waals surface area contributed by atoms with Crippen LogP contribution in [0.5, 0.6) is 5.88 Å². The van der Waals surface area contributed by atoms with Crippen molar-refractivity contribution in [2.75, 3.05) is 39.2 Å². The molecule has 21 heavy (non-hydrogen) atoms. The molecular formula is C12H18N4O5. The van der Waals surface area contributed by atoms with Crippen LogP contribution in [0.15, 0.2) is 6.07 Å². The number of carboxylic acids is 1. The summed E-state index contributed by atoms with van der Waals surface area (Å²) in [6.07, 6.45) is 0. The number of aliphatic carboxylic acids is 1. The van der Waals surface area contributed by atoms with E-state index in [4.69, 9.17) is 14.6 Å². The van der Waals surface area contributed by atoms with E-state index < -0.39 is 18.5 Å². The molecule has 0 bridgehead atoms. The molecule has 1 aromatic rings. The van der Waals surface area contributed by atoms with Crippen LogP contribution in [0, 0.1) is 6.92 Å². The molecule has 0 radical (unpaired) electrons. The summed E-state index contributed by atoms with van der Waals surface area (Å²) in [6.45, 7) is 1.63. The summed E-state index contributed by atoms with van der Waals surface area (Å²) >= 11 is 0. The van der Waals surface area contributed by atoms with Crippen LogP contribution >= 0.6 is 0 Å². The first-order valence-corrected chi connectivity index (χ1v) is 6.12.